The summed E-state index contributed by atoms with van der Waals surface area (Å²) < 4.78 is 5.47. The first-order valence-corrected chi connectivity index (χ1v) is 4.52. The Bertz CT molecular complexity index is 324. The Morgan fingerprint density at radius 2 is 2.29 bits per heavy atom. The third-order valence-corrected chi connectivity index (χ3v) is 2.25. The van der Waals surface area contributed by atoms with E-state index >= 15 is 0 Å². The van der Waals surface area contributed by atoms with Crippen molar-refractivity contribution in [2.24, 2.45) is 5.73 Å². The minimum atomic E-state index is -0.639. The van der Waals surface area contributed by atoms with Crippen molar-refractivity contribution in [2.45, 2.75) is 32.3 Å². The van der Waals surface area contributed by atoms with Crippen LogP contribution in [-0.2, 0) is 9.53 Å². The van der Waals surface area contributed by atoms with Gasteiger partial charge in [0.2, 0.25) is 0 Å². The topological polar surface area (TPSA) is 76.1 Å². The van der Waals surface area contributed by atoms with Crippen molar-refractivity contribution in [1.82, 2.24) is 0 Å². The molecule has 0 aromatic carbocycles. The van der Waals surface area contributed by atoms with E-state index in [1.807, 2.05) is 19.9 Å². The Labute approximate surface area is 83.3 Å². The molecule has 0 aromatic heterocycles. The van der Waals surface area contributed by atoms with E-state index in [2.05, 4.69) is 0 Å². The van der Waals surface area contributed by atoms with Crippen LogP contribution in [0.5, 0.6) is 0 Å². The second-order valence-electron chi connectivity index (χ2n) is 3.99. The summed E-state index contributed by atoms with van der Waals surface area (Å²) in [5.41, 5.74) is 5.72. The van der Waals surface area contributed by atoms with Gasteiger partial charge in [-0.2, -0.15) is 5.26 Å². The van der Waals surface area contributed by atoms with Gasteiger partial charge in [-0.05, 0) is 32.3 Å². The van der Waals surface area contributed by atoms with Crippen molar-refractivity contribution in [2.75, 3.05) is 6.61 Å². The zero-order valence-electron chi connectivity index (χ0n) is 8.46. The highest BCUT2D eigenvalue weighted by Crippen LogP contribution is 2.29. The van der Waals surface area contributed by atoms with Crippen molar-refractivity contribution in [3.8, 4) is 6.07 Å². The monoisotopic (exact) mass is 194 g/mol. The molecule has 0 unspecified atom stereocenters. The van der Waals surface area contributed by atoms with Crippen LogP contribution in [0.2, 0.25) is 0 Å². The van der Waals surface area contributed by atoms with Crippen molar-refractivity contribution >= 4 is 5.91 Å². The number of carbonyl (C=O) groups excluding carboxylic acids is 1. The number of ether oxygens (including phenoxy) is 1. The molecule has 0 saturated carbocycles. The number of rotatable bonds is 1. The third-order valence-electron chi connectivity index (χ3n) is 2.25. The Balaban J connectivity index is 2.97. The molecule has 0 radical (unpaired) electrons. The molecule has 0 aliphatic carbocycles. The number of nitrogens with zero attached hydrogens (tertiary/aromatic N) is 1. The van der Waals surface area contributed by atoms with Gasteiger partial charge in [0, 0.05) is 0 Å². The molecule has 2 N–H and O–H groups in total. The van der Waals surface area contributed by atoms with Gasteiger partial charge in [0.1, 0.15) is 11.6 Å². The van der Waals surface area contributed by atoms with Gasteiger partial charge < -0.3 is 10.5 Å². The Morgan fingerprint density at radius 3 is 2.71 bits per heavy atom. The third kappa shape index (κ3) is 2.33. The minimum Gasteiger partial charge on any atom is -0.375 e. The first kappa shape index (κ1) is 10.7. The van der Waals surface area contributed by atoms with E-state index in [9.17, 15) is 4.79 Å². The zero-order valence-corrected chi connectivity index (χ0v) is 8.46. The first-order chi connectivity index (χ1) is 6.46. The predicted octanol–water partition coefficient (Wildman–Crippen LogP) is 0.881. The Morgan fingerprint density at radius 1 is 1.64 bits per heavy atom. The van der Waals surface area contributed by atoms with Crippen molar-refractivity contribution in [3.63, 3.8) is 0 Å². The number of nitriles is 1. The predicted molar refractivity (Wildman–Crippen MR) is 51.1 cm³/mol. The lowest BCUT2D eigenvalue weighted by Gasteiger charge is -2.32. The highest BCUT2D eigenvalue weighted by molar-refractivity contribution is 5.96. The van der Waals surface area contributed by atoms with E-state index in [0.29, 0.717) is 19.4 Å². The highest BCUT2D eigenvalue weighted by Gasteiger charge is 2.27. The molecule has 1 amide bonds. The summed E-state index contributed by atoms with van der Waals surface area (Å²) in [5, 5.41) is 8.77. The Hall–Kier alpha value is -1.34. The van der Waals surface area contributed by atoms with Crippen LogP contribution in [0.1, 0.15) is 26.7 Å². The number of primary amides is 1. The van der Waals surface area contributed by atoms with Crippen LogP contribution in [0.3, 0.4) is 0 Å². The largest absolute Gasteiger partial charge is 0.375 e. The van der Waals surface area contributed by atoms with E-state index in [0.717, 1.165) is 5.57 Å². The summed E-state index contributed by atoms with van der Waals surface area (Å²) in [4.78, 5) is 10.9. The molecule has 1 rings (SSSR count). The quantitative estimate of drug-likeness (QED) is 0.497. The summed E-state index contributed by atoms with van der Waals surface area (Å²) in [6.07, 6.45) is 1.22. The minimum absolute atomic E-state index is 0.0985. The second kappa shape index (κ2) is 3.81. The fourth-order valence-electron chi connectivity index (χ4n) is 1.63. The number of hydrogen-bond donors (Lipinski definition) is 1. The molecule has 0 spiro atoms. The molecule has 1 heterocycles. The molecule has 0 atom stereocenters. The number of hydrogen-bond acceptors (Lipinski definition) is 3. The SMILES string of the molecule is CC1(C)C/C(=C(\C#N)C(N)=O)CCO1. The average molecular weight is 194 g/mol. The number of amides is 1. The number of carbonyl (C=O) groups is 1. The van der Waals surface area contributed by atoms with Gasteiger partial charge >= 0.3 is 0 Å². The number of nitrogens with two attached hydrogens (primary N) is 1. The van der Waals surface area contributed by atoms with Crippen molar-refractivity contribution in [1.29, 1.82) is 5.26 Å². The zero-order chi connectivity index (χ0) is 10.8. The van der Waals surface area contributed by atoms with Gasteiger partial charge in [0.05, 0.1) is 12.2 Å². The lowest BCUT2D eigenvalue weighted by atomic mass is 9.90. The van der Waals surface area contributed by atoms with Crippen molar-refractivity contribution < 1.29 is 9.53 Å². The maximum Gasteiger partial charge on any atom is 0.259 e. The van der Waals surface area contributed by atoms with Crippen LogP contribution < -0.4 is 5.73 Å². The van der Waals surface area contributed by atoms with Crippen LogP contribution in [0, 0.1) is 11.3 Å². The molecule has 1 saturated heterocycles. The average Bonchev–Trinajstić information content (AvgIpc) is 2.02. The smallest absolute Gasteiger partial charge is 0.259 e. The fourth-order valence-corrected chi connectivity index (χ4v) is 1.63. The molecule has 1 aliphatic heterocycles. The van der Waals surface area contributed by atoms with E-state index in [1.54, 1.807) is 0 Å². The van der Waals surface area contributed by atoms with Crippen LogP contribution in [0.4, 0.5) is 0 Å². The van der Waals surface area contributed by atoms with Gasteiger partial charge in [-0.15, -0.1) is 0 Å². The summed E-state index contributed by atoms with van der Waals surface area (Å²) in [5.74, 6) is -0.639. The van der Waals surface area contributed by atoms with Crippen LogP contribution in [-0.4, -0.2) is 18.1 Å². The second-order valence-corrected chi connectivity index (χ2v) is 3.99. The normalized spacial score (nSPS) is 23.8. The van der Waals surface area contributed by atoms with Gasteiger partial charge in [0.15, 0.2) is 0 Å². The maximum absolute atomic E-state index is 10.9. The van der Waals surface area contributed by atoms with Crippen LogP contribution in [0.15, 0.2) is 11.1 Å². The van der Waals surface area contributed by atoms with E-state index in [-0.39, 0.29) is 11.2 Å². The van der Waals surface area contributed by atoms with Crippen LogP contribution in [0.25, 0.3) is 0 Å². The Kier molecular flexibility index (Phi) is 2.92. The molecule has 1 aliphatic rings. The lowest BCUT2D eigenvalue weighted by molar-refractivity contribution is -0.114. The first-order valence-electron chi connectivity index (χ1n) is 4.52. The molecule has 14 heavy (non-hydrogen) atoms. The molecule has 0 bridgehead atoms. The molecule has 76 valence electrons. The standard InChI is InChI=1S/C10H14N2O2/c1-10(2)5-7(3-4-14-10)8(6-11)9(12)13/h3-5H2,1-2H3,(H2,12,13)/b8-7+. The van der Waals surface area contributed by atoms with Gasteiger partial charge in [0.25, 0.3) is 5.91 Å². The van der Waals surface area contributed by atoms with E-state index in [4.69, 9.17) is 15.7 Å². The summed E-state index contributed by atoms with van der Waals surface area (Å²) in [7, 11) is 0. The summed E-state index contributed by atoms with van der Waals surface area (Å²) >= 11 is 0. The van der Waals surface area contributed by atoms with Gasteiger partial charge in [-0.3, -0.25) is 4.79 Å². The van der Waals surface area contributed by atoms with E-state index < -0.39 is 5.91 Å². The molecule has 1 fully saturated rings. The maximum atomic E-state index is 10.9. The van der Waals surface area contributed by atoms with Gasteiger partial charge in [-0.1, -0.05) is 0 Å². The molecular weight excluding hydrogens is 180 g/mol. The lowest BCUT2D eigenvalue weighted by Crippen LogP contribution is -2.31. The summed E-state index contributed by atoms with van der Waals surface area (Å²) in [6, 6.07) is 1.86. The van der Waals surface area contributed by atoms with E-state index in [1.165, 1.54) is 0 Å². The van der Waals surface area contributed by atoms with Crippen LogP contribution >= 0.6 is 0 Å². The molecule has 4 nitrogen and oxygen atoms in total. The molecule has 0 aromatic rings. The molecule has 4 heteroatoms. The van der Waals surface area contributed by atoms with Crippen molar-refractivity contribution in [3.05, 3.63) is 11.1 Å². The highest BCUT2D eigenvalue weighted by atomic mass is 16.5. The van der Waals surface area contributed by atoms with Gasteiger partial charge in [-0.25, -0.2) is 0 Å². The fraction of sp³-hybridized carbons (Fsp3) is 0.600. The summed E-state index contributed by atoms with van der Waals surface area (Å²) in [6.45, 7) is 4.41. The molecular formula is C10H14N2O2.